The van der Waals surface area contributed by atoms with Crippen LogP contribution in [-0.4, -0.2) is 57.9 Å². The van der Waals surface area contributed by atoms with Gasteiger partial charge in [-0.2, -0.15) is 0 Å². The van der Waals surface area contributed by atoms with Crippen molar-refractivity contribution in [2.24, 2.45) is 0 Å². The third kappa shape index (κ3) is 3.15. The van der Waals surface area contributed by atoms with Gasteiger partial charge in [0.15, 0.2) is 0 Å². The fourth-order valence-corrected chi connectivity index (χ4v) is 4.84. The number of nitrogens with zero attached hydrogens (tertiary/aromatic N) is 2. The van der Waals surface area contributed by atoms with Gasteiger partial charge in [0.1, 0.15) is 10.9 Å². The molecule has 7 nitrogen and oxygen atoms in total. The maximum Gasteiger partial charge on any atom is 0.323 e. The third-order valence-electron chi connectivity index (χ3n) is 4.70. The van der Waals surface area contributed by atoms with Crippen LogP contribution in [0.3, 0.4) is 0 Å². The number of carbonyl (C=O) groups excluding carboxylic acids is 2. The van der Waals surface area contributed by atoms with Crippen molar-refractivity contribution in [1.29, 1.82) is 0 Å². The molecular weight excluding hydrogens is 388 g/mol. The van der Waals surface area contributed by atoms with Gasteiger partial charge in [0.25, 0.3) is 11.8 Å². The number of para-hydroxylation sites is 1. The Morgan fingerprint density at radius 1 is 1.26 bits per heavy atom. The molecule has 1 aromatic rings. The summed E-state index contributed by atoms with van der Waals surface area (Å²) in [6.45, 7) is 0.586. The van der Waals surface area contributed by atoms with Gasteiger partial charge < -0.3 is 9.84 Å². The molecule has 3 aliphatic heterocycles. The highest BCUT2D eigenvalue weighted by atomic mass is 32.2. The van der Waals surface area contributed by atoms with Gasteiger partial charge in [0, 0.05) is 12.2 Å². The number of carboxylic acids is 1. The summed E-state index contributed by atoms with van der Waals surface area (Å²) in [5.41, 5.74) is 1.27. The van der Waals surface area contributed by atoms with E-state index in [0.717, 1.165) is 24.6 Å². The second-order valence-electron chi connectivity index (χ2n) is 6.43. The lowest BCUT2D eigenvalue weighted by Gasteiger charge is -2.18. The molecule has 27 heavy (non-hydrogen) atoms. The maximum atomic E-state index is 13.0. The Balaban J connectivity index is 1.71. The lowest BCUT2D eigenvalue weighted by Crippen LogP contribution is -2.36. The van der Waals surface area contributed by atoms with E-state index in [1.54, 1.807) is 24.3 Å². The van der Waals surface area contributed by atoms with Crippen molar-refractivity contribution < 1.29 is 24.2 Å². The number of rotatable bonds is 4. The first kappa shape index (κ1) is 18.1. The van der Waals surface area contributed by atoms with E-state index in [9.17, 15) is 14.4 Å². The minimum absolute atomic E-state index is 0.0491. The minimum atomic E-state index is -1.12. The molecule has 140 valence electrons. The topological polar surface area (TPSA) is 87.2 Å². The number of aliphatic carboxylic acids is 1. The summed E-state index contributed by atoms with van der Waals surface area (Å²) in [6.07, 6.45) is 1.78. The molecule has 0 aromatic heterocycles. The predicted molar refractivity (Wildman–Crippen MR) is 104 cm³/mol. The number of hydrogen-bond donors (Lipinski definition) is 1. The van der Waals surface area contributed by atoms with E-state index in [2.05, 4.69) is 0 Å². The van der Waals surface area contributed by atoms with Gasteiger partial charge >= 0.3 is 5.97 Å². The highest BCUT2D eigenvalue weighted by molar-refractivity contribution is 8.26. The van der Waals surface area contributed by atoms with Gasteiger partial charge in [-0.1, -0.05) is 42.2 Å². The van der Waals surface area contributed by atoms with E-state index < -0.39 is 18.4 Å². The number of thioether (sulfide) groups is 1. The van der Waals surface area contributed by atoms with Crippen molar-refractivity contribution in [1.82, 2.24) is 4.90 Å². The number of fused-ring (bicyclic) bond motifs is 1. The fourth-order valence-electron chi connectivity index (χ4n) is 3.49. The number of benzene rings is 1. The van der Waals surface area contributed by atoms with E-state index in [1.807, 2.05) is 0 Å². The molecule has 0 spiro atoms. The van der Waals surface area contributed by atoms with Gasteiger partial charge in [0.05, 0.1) is 28.8 Å². The summed E-state index contributed by atoms with van der Waals surface area (Å²) >= 11 is 6.45. The summed E-state index contributed by atoms with van der Waals surface area (Å²) < 4.78 is 5.98. The Bertz CT molecular complexity index is 891. The molecule has 1 N–H and O–H groups in total. The number of hydrogen-bond acceptors (Lipinski definition) is 6. The molecular formula is C18H16N2O5S2. The van der Waals surface area contributed by atoms with Crippen LogP contribution in [-0.2, 0) is 19.1 Å². The molecule has 9 heteroatoms. The van der Waals surface area contributed by atoms with Crippen molar-refractivity contribution in [2.75, 3.05) is 24.6 Å². The Hall–Kier alpha value is -2.23. The minimum Gasteiger partial charge on any atom is -0.480 e. The molecule has 1 unspecified atom stereocenters. The number of thiocarbonyl (C=S) groups is 1. The molecule has 0 saturated carbocycles. The van der Waals surface area contributed by atoms with Gasteiger partial charge in [-0.3, -0.25) is 24.2 Å². The van der Waals surface area contributed by atoms with Crippen LogP contribution in [0.5, 0.6) is 0 Å². The van der Waals surface area contributed by atoms with Gasteiger partial charge in [-0.15, -0.1) is 0 Å². The molecule has 0 radical (unpaired) electrons. The Labute approximate surface area is 164 Å². The van der Waals surface area contributed by atoms with Crippen molar-refractivity contribution in [3.8, 4) is 0 Å². The standard InChI is InChI=1S/C18H16N2O5S2/c21-13(22)9-19-12-6-2-1-5-11(12)14(16(19)23)15-17(24)20(18(26)27-15)8-10-4-3-7-25-10/h1-2,5-6,10H,3-4,7-9H2,(H,21,22)/b15-14-. The normalized spacial score (nSPS) is 24.9. The predicted octanol–water partition coefficient (Wildman–Crippen LogP) is 1.87. The van der Waals surface area contributed by atoms with Gasteiger partial charge in [-0.25, -0.2) is 0 Å². The zero-order chi connectivity index (χ0) is 19.1. The summed E-state index contributed by atoms with van der Waals surface area (Å²) in [6, 6.07) is 6.88. The Morgan fingerprint density at radius 3 is 2.74 bits per heavy atom. The second kappa shape index (κ2) is 7.06. The van der Waals surface area contributed by atoms with E-state index in [1.165, 1.54) is 9.80 Å². The van der Waals surface area contributed by atoms with E-state index in [0.29, 0.717) is 28.7 Å². The second-order valence-corrected chi connectivity index (χ2v) is 8.07. The van der Waals surface area contributed by atoms with Gasteiger partial charge in [-0.05, 0) is 18.9 Å². The van der Waals surface area contributed by atoms with Crippen molar-refractivity contribution in [3.63, 3.8) is 0 Å². The summed E-state index contributed by atoms with van der Waals surface area (Å²) in [5.74, 6) is -1.93. The average molecular weight is 404 g/mol. The molecule has 0 bridgehead atoms. The average Bonchev–Trinajstić information content (AvgIpc) is 3.31. The van der Waals surface area contributed by atoms with Crippen LogP contribution in [0, 0.1) is 0 Å². The highest BCUT2D eigenvalue weighted by Crippen LogP contribution is 2.44. The molecule has 2 amide bonds. The number of anilines is 1. The third-order valence-corrected chi connectivity index (χ3v) is 6.15. The van der Waals surface area contributed by atoms with Crippen LogP contribution in [0.15, 0.2) is 29.2 Å². The van der Waals surface area contributed by atoms with Crippen LogP contribution in [0.25, 0.3) is 5.57 Å². The Morgan fingerprint density at radius 2 is 2.04 bits per heavy atom. The van der Waals surface area contributed by atoms with Crippen molar-refractivity contribution in [2.45, 2.75) is 18.9 Å². The molecule has 3 aliphatic rings. The van der Waals surface area contributed by atoms with Crippen LogP contribution < -0.4 is 4.90 Å². The molecule has 1 atom stereocenters. The number of ether oxygens (including phenoxy) is 1. The number of carboxylic acid groups (broad SMARTS) is 1. The zero-order valence-electron chi connectivity index (χ0n) is 14.2. The zero-order valence-corrected chi connectivity index (χ0v) is 15.8. The first-order valence-electron chi connectivity index (χ1n) is 8.50. The van der Waals surface area contributed by atoms with Gasteiger partial charge in [0.2, 0.25) is 0 Å². The van der Waals surface area contributed by atoms with Crippen molar-refractivity contribution in [3.05, 3.63) is 34.7 Å². The lowest BCUT2D eigenvalue weighted by molar-refractivity contribution is -0.136. The molecule has 1 aromatic carbocycles. The summed E-state index contributed by atoms with van der Waals surface area (Å²) in [5, 5.41) is 9.14. The monoisotopic (exact) mass is 404 g/mol. The molecule has 3 heterocycles. The van der Waals surface area contributed by atoms with E-state index in [-0.39, 0.29) is 22.5 Å². The van der Waals surface area contributed by atoms with E-state index in [4.69, 9.17) is 22.1 Å². The summed E-state index contributed by atoms with van der Waals surface area (Å²) in [4.78, 5) is 40.0. The quantitative estimate of drug-likeness (QED) is 0.605. The maximum absolute atomic E-state index is 13.0. The molecule has 2 fully saturated rings. The Kier molecular flexibility index (Phi) is 4.75. The lowest BCUT2D eigenvalue weighted by atomic mass is 10.1. The number of carbonyl (C=O) groups is 3. The van der Waals surface area contributed by atoms with E-state index >= 15 is 0 Å². The van der Waals surface area contributed by atoms with Crippen LogP contribution in [0.4, 0.5) is 5.69 Å². The molecule has 0 aliphatic carbocycles. The SMILES string of the molecule is O=C(O)CN1C(=O)/C(=C2\SC(=S)N(CC3CCCO3)C2=O)c2ccccc21. The van der Waals surface area contributed by atoms with Crippen molar-refractivity contribution >= 4 is 57.3 Å². The molecule has 4 rings (SSSR count). The largest absolute Gasteiger partial charge is 0.480 e. The number of amides is 2. The first-order chi connectivity index (χ1) is 13.0. The smallest absolute Gasteiger partial charge is 0.323 e. The first-order valence-corrected chi connectivity index (χ1v) is 9.72. The fraction of sp³-hybridized carbons (Fsp3) is 0.333. The van der Waals surface area contributed by atoms with Crippen LogP contribution in [0.1, 0.15) is 18.4 Å². The van der Waals surface area contributed by atoms with Crippen LogP contribution in [0.2, 0.25) is 0 Å². The van der Waals surface area contributed by atoms with Crippen LogP contribution >= 0.6 is 24.0 Å². The molecule has 2 saturated heterocycles. The highest BCUT2D eigenvalue weighted by Gasteiger charge is 2.43. The summed E-state index contributed by atoms with van der Waals surface area (Å²) in [7, 11) is 0.